The molecule has 2 bridgehead atoms. The van der Waals surface area contributed by atoms with Crippen LogP contribution in [-0.2, 0) is 42.9 Å². The van der Waals surface area contributed by atoms with Crippen LogP contribution in [0.2, 0.25) is 0 Å². The maximum absolute atomic E-state index is 12.7. The fourth-order valence-electron chi connectivity index (χ4n) is 3.73. The van der Waals surface area contributed by atoms with E-state index < -0.39 is 52.4 Å². The zero-order valence-corrected chi connectivity index (χ0v) is 16.0. The summed E-state index contributed by atoms with van der Waals surface area (Å²) in [6.07, 6.45) is -1.03. The van der Waals surface area contributed by atoms with Crippen LogP contribution in [0.25, 0.3) is 0 Å². The third-order valence-electron chi connectivity index (χ3n) is 5.53. The molecule has 0 aromatic heterocycles. The van der Waals surface area contributed by atoms with Gasteiger partial charge < -0.3 is 23.7 Å². The summed E-state index contributed by atoms with van der Waals surface area (Å²) in [7, 11) is 0. The molecule has 3 saturated heterocycles. The smallest absolute Gasteiger partial charge is 0.381 e. The normalized spacial score (nSPS) is 37.5. The molecule has 26 heavy (non-hydrogen) atoms. The molecule has 9 heteroatoms. The van der Waals surface area contributed by atoms with E-state index in [1.54, 1.807) is 20.8 Å². The van der Waals surface area contributed by atoms with Crippen LogP contribution in [0.15, 0.2) is 0 Å². The van der Waals surface area contributed by atoms with Crippen molar-refractivity contribution in [1.29, 1.82) is 0 Å². The molecule has 0 aromatic carbocycles. The number of hydrogen-bond donors (Lipinski definition) is 0. The third-order valence-corrected chi connectivity index (χ3v) is 5.53. The number of carbonyl (C=O) groups excluding carboxylic acids is 4. The van der Waals surface area contributed by atoms with Crippen LogP contribution in [0, 0.1) is 5.41 Å². The number of carbonyl (C=O) groups is 4. The van der Waals surface area contributed by atoms with Crippen molar-refractivity contribution >= 4 is 23.9 Å². The van der Waals surface area contributed by atoms with Gasteiger partial charge in [0.1, 0.15) is 12.7 Å². The fraction of sp³-hybridized carbons (Fsp3) is 0.765. The van der Waals surface area contributed by atoms with Gasteiger partial charge in [-0.2, -0.15) is 0 Å². The highest BCUT2D eigenvalue weighted by Crippen LogP contribution is 2.62. The number of hydrogen-bond acceptors (Lipinski definition) is 9. The number of esters is 4. The van der Waals surface area contributed by atoms with Gasteiger partial charge in [0.2, 0.25) is 0 Å². The van der Waals surface area contributed by atoms with Crippen molar-refractivity contribution in [3.8, 4) is 0 Å². The van der Waals surface area contributed by atoms with Gasteiger partial charge in [-0.05, 0) is 27.7 Å². The third kappa shape index (κ3) is 2.48. The molecule has 0 aliphatic carbocycles. The lowest BCUT2D eigenvalue weighted by molar-refractivity contribution is -0.435. The number of rotatable bonds is 4. The van der Waals surface area contributed by atoms with Crippen molar-refractivity contribution in [3.63, 3.8) is 0 Å². The van der Waals surface area contributed by atoms with E-state index in [1.807, 2.05) is 0 Å². The van der Waals surface area contributed by atoms with E-state index in [-0.39, 0.29) is 6.61 Å². The lowest BCUT2D eigenvalue weighted by atomic mass is 9.56. The second-order valence-electron chi connectivity index (χ2n) is 7.37. The molecule has 3 rings (SSSR count). The Balaban J connectivity index is 2.65. The van der Waals surface area contributed by atoms with Crippen LogP contribution in [0.5, 0.6) is 0 Å². The molecule has 0 N–H and O–H groups in total. The van der Waals surface area contributed by atoms with Crippen molar-refractivity contribution in [3.05, 3.63) is 0 Å². The first kappa shape index (κ1) is 20.2. The molecule has 146 valence electrons. The molecule has 3 fully saturated rings. The standard InChI is InChI=1S/C17H24O9/c1-9(18)22-8-12-15(6)16(7,23-10(2)19)14(4,5)17(25-12,13(21)26-15)24-11(3)20/h12H,8H2,1-7H3/t12?,15-,16?,17?/m0/s1. The van der Waals surface area contributed by atoms with Crippen LogP contribution in [0.4, 0.5) is 0 Å². The van der Waals surface area contributed by atoms with E-state index in [4.69, 9.17) is 23.7 Å². The van der Waals surface area contributed by atoms with Gasteiger partial charge in [-0.25, -0.2) is 4.79 Å². The quantitative estimate of drug-likeness (QED) is 0.524. The topological polar surface area (TPSA) is 114 Å². The van der Waals surface area contributed by atoms with Crippen LogP contribution in [-0.4, -0.2) is 53.6 Å². The lowest BCUT2D eigenvalue weighted by Crippen LogP contribution is -2.86. The molecule has 0 aromatic rings. The molecule has 3 aliphatic rings. The SMILES string of the molecule is CC(=O)OCC1OC2(OC(C)=O)C(=O)O[C@]1(C)C(C)(OC(C)=O)C2(C)C. The molecule has 4 atom stereocenters. The summed E-state index contributed by atoms with van der Waals surface area (Å²) >= 11 is 0. The minimum Gasteiger partial charge on any atom is -0.463 e. The van der Waals surface area contributed by atoms with Crippen LogP contribution >= 0.6 is 0 Å². The second-order valence-corrected chi connectivity index (χ2v) is 7.37. The predicted octanol–water partition coefficient (Wildman–Crippen LogP) is 0.871. The van der Waals surface area contributed by atoms with E-state index >= 15 is 0 Å². The average molecular weight is 372 g/mol. The van der Waals surface area contributed by atoms with Crippen LogP contribution in [0.3, 0.4) is 0 Å². The highest BCUT2D eigenvalue weighted by Gasteiger charge is 2.83. The lowest BCUT2D eigenvalue weighted by Gasteiger charge is -2.67. The monoisotopic (exact) mass is 372 g/mol. The Morgan fingerprint density at radius 1 is 0.962 bits per heavy atom. The average Bonchev–Trinajstić information content (AvgIpc) is 2.45. The molecular weight excluding hydrogens is 348 g/mol. The minimum absolute atomic E-state index is 0.283. The van der Waals surface area contributed by atoms with Crippen LogP contribution < -0.4 is 0 Å². The first-order valence-electron chi connectivity index (χ1n) is 8.17. The molecule has 0 amide bonds. The van der Waals surface area contributed by atoms with Crippen LogP contribution in [0.1, 0.15) is 48.5 Å². The Kier molecular flexibility index (Phi) is 4.60. The fourth-order valence-corrected chi connectivity index (χ4v) is 3.73. The van der Waals surface area contributed by atoms with Gasteiger partial charge in [0.05, 0.1) is 5.41 Å². The maximum atomic E-state index is 12.7. The zero-order valence-electron chi connectivity index (χ0n) is 16.0. The molecule has 3 heterocycles. The van der Waals surface area contributed by atoms with E-state index in [0.717, 1.165) is 6.92 Å². The Morgan fingerprint density at radius 2 is 1.50 bits per heavy atom. The van der Waals surface area contributed by atoms with E-state index in [2.05, 4.69) is 0 Å². The van der Waals surface area contributed by atoms with Crippen molar-refractivity contribution in [1.82, 2.24) is 0 Å². The number of ether oxygens (including phenoxy) is 5. The van der Waals surface area contributed by atoms with Gasteiger partial charge in [-0.15, -0.1) is 0 Å². The van der Waals surface area contributed by atoms with Gasteiger partial charge >= 0.3 is 29.7 Å². The molecule has 0 saturated carbocycles. The highest BCUT2D eigenvalue weighted by atomic mass is 16.8. The zero-order chi connectivity index (χ0) is 20.1. The van der Waals surface area contributed by atoms with E-state index in [0.29, 0.717) is 0 Å². The Bertz CT molecular complexity index is 669. The van der Waals surface area contributed by atoms with Gasteiger partial charge in [0.15, 0.2) is 11.2 Å². The van der Waals surface area contributed by atoms with Crippen molar-refractivity contribution in [2.45, 2.75) is 71.6 Å². The molecule has 3 unspecified atom stereocenters. The molecule has 0 radical (unpaired) electrons. The largest absolute Gasteiger partial charge is 0.463 e. The van der Waals surface area contributed by atoms with E-state index in [9.17, 15) is 19.2 Å². The van der Waals surface area contributed by atoms with Crippen molar-refractivity contribution < 1.29 is 42.9 Å². The number of fused-ring (bicyclic) bond motifs is 3. The maximum Gasteiger partial charge on any atom is 0.381 e. The summed E-state index contributed by atoms with van der Waals surface area (Å²) < 4.78 is 27.3. The molecule has 0 spiro atoms. The molecule has 9 nitrogen and oxygen atoms in total. The molecule has 3 aliphatic heterocycles. The Morgan fingerprint density at radius 3 is 1.96 bits per heavy atom. The van der Waals surface area contributed by atoms with Gasteiger partial charge in [0.25, 0.3) is 0 Å². The highest BCUT2D eigenvalue weighted by molar-refractivity contribution is 5.85. The first-order chi connectivity index (χ1) is 11.7. The van der Waals surface area contributed by atoms with Gasteiger partial charge in [-0.1, -0.05) is 0 Å². The Labute approximate surface area is 151 Å². The van der Waals surface area contributed by atoms with Gasteiger partial charge in [0, 0.05) is 20.8 Å². The predicted molar refractivity (Wildman–Crippen MR) is 84.5 cm³/mol. The second kappa shape index (κ2) is 5.94. The van der Waals surface area contributed by atoms with Crippen molar-refractivity contribution in [2.24, 2.45) is 5.41 Å². The minimum atomic E-state index is -2.16. The summed E-state index contributed by atoms with van der Waals surface area (Å²) in [6.45, 7) is 9.53. The Hall–Kier alpha value is -2.16. The molecular formula is C17H24O9. The summed E-state index contributed by atoms with van der Waals surface area (Å²) in [5.41, 5.74) is -4.25. The van der Waals surface area contributed by atoms with E-state index in [1.165, 1.54) is 20.8 Å². The van der Waals surface area contributed by atoms with Gasteiger partial charge in [-0.3, -0.25) is 14.4 Å². The first-order valence-corrected chi connectivity index (χ1v) is 8.17. The van der Waals surface area contributed by atoms with Crippen molar-refractivity contribution in [2.75, 3.05) is 6.61 Å². The summed E-state index contributed by atoms with van der Waals surface area (Å²) in [4.78, 5) is 47.5. The summed E-state index contributed by atoms with van der Waals surface area (Å²) in [6, 6.07) is 0. The summed E-state index contributed by atoms with van der Waals surface area (Å²) in [5.74, 6) is -5.04. The summed E-state index contributed by atoms with van der Waals surface area (Å²) in [5, 5.41) is 0.